The lowest BCUT2D eigenvalue weighted by Gasteiger charge is -2.27. The summed E-state index contributed by atoms with van der Waals surface area (Å²) in [4.78, 5) is 25.2. The Balaban J connectivity index is 1.88. The van der Waals surface area contributed by atoms with E-state index in [0.29, 0.717) is 10.3 Å². The van der Waals surface area contributed by atoms with Crippen LogP contribution in [-0.4, -0.2) is 43.9 Å². The molecule has 1 aromatic heterocycles. The largest absolute Gasteiger partial charge is 0.461 e. The van der Waals surface area contributed by atoms with Crippen molar-refractivity contribution in [2.45, 2.75) is 38.3 Å². The molecule has 1 heterocycles. The predicted octanol–water partition coefficient (Wildman–Crippen LogP) is 6.43. The Labute approximate surface area is 225 Å². The number of hydrogen-bond acceptors (Lipinski definition) is 8. The van der Waals surface area contributed by atoms with Gasteiger partial charge in [-0.3, -0.25) is 9.36 Å². The third kappa shape index (κ3) is 7.51. The zero-order valence-electron chi connectivity index (χ0n) is 21.6. The number of hydrogen-bond donors (Lipinski definition) is 1. The molecular weight excluding hydrogens is 532 g/mol. The van der Waals surface area contributed by atoms with Crippen LogP contribution in [0.1, 0.15) is 41.9 Å². The lowest BCUT2D eigenvalue weighted by atomic mass is 10.1. The molecule has 1 N–H and O–H groups in total. The van der Waals surface area contributed by atoms with E-state index in [0.717, 1.165) is 4.70 Å². The fourth-order valence-corrected chi connectivity index (χ4v) is 6.09. The highest BCUT2D eigenvalue weighted by Crippen LogP contribution is 2.58. The molecular formula is C27H31FNO7PS. The van der Waals surface area contributed by atoms with Gasteiger partial charge in [-0.05, 0) is 62.1 Å². The van der Waals surface area contributed by atoms with Crippen molar-refractivity contribution in [3.05, 3.63) is 77.7 Å². The molecule has 3 rings (SSSR count). The SMILES string of the molecule is C=CCOC(=O)c1cc2cc(C(F)P(=O)(N[C@@H](C)C(=O)OCC(C)(C)OC)Oc3ccccc3)ccc2s1. The van der Waals surface area contributed by atoms with Crippen LogP contribution in [0.5, 0.6) is 5.75 Å². The predicted molar refractivity (Wildman–Crippen MR) is 145 cm³/mol. The molecule has 0 fully saturated rings. The average molecular weight is 564 g/mol. The summed E-state index contributed by atoms with van der Waals surface area (Å²) in [6.07, 6.45) is 1.46. The summed E-state index contributed by atoms with van der Waals surface area (Å²) in [5.74, 6) is -3.24. The van der Waals surface area contributed by atoms with Crippen molar-refractivity contribution in [3.63, 3.8) is 0 Å². The normalized spacial score (nSPS) is 14.8. The smallest absolute Gasteiger partial charge is 0.355 e. The molecule has 0 bridgehead atoms. The number of methoxy groups -OCH3 is 1. The number of alkyl halides is 1. The number of para-hydroxylation sites is 1. The monoisotopic (exact) mass is 563 g/mol. The van der Waals surface area contributed by atoms with Gasteiger partial charge < -0.3 is 18.7 Å². The number of carbonyl (C=O) groups is 2. The van der Waals surface area contributed by atoms with Crippen molar-refractivity contribution in [1.29, 1.82) is 0 Å². The quantitative estimate of drug-likeness (QED) is 0.144. The Morgan fingerprint density at radius 1 is 1.16 bits per heavy atom. The summed E-state index contributed by atoms with van der Waals surface area (Å²) in [6, 6.07) is 13.1. The second-order valence-electron chi connectivity index (χ2n) is 9.05. The zero-order chi connectivity index (χ0) is 27.9. The lowest BCUT2D eigenvalue weighted by molar-refractivity contribution is -0.152. The van der Waals surface area contributed by atoms with Crippen LogP contribution in [0.2, 0.25) is 0 Å². The number of esters is 2. The molecule has 3 aromatic rings. The van der Waals surface area contributed by atoms with E-state index in [1.165, 1.54) is 55.7 Å². The highest BCUT2D eigenvalue weighted by atomic mass is 32.1. The van der Waals surface area contributed by atoms with Crippen LogP contribution in [-0.2, 0) is 23.6 Å². The molecule has 0 aliphatic rings. The van der Waals surface area contributed by atoms with Gasteiger partial charge in [-0.1, -0.05) is 36.9 Å². The first kappa shape index (κ1) is 29.5. The first-order valence-corrected chi connectivity index (χ1v) is 14.3. The minimum absolute atomic E-state index is 0.0501. The Kier molecular flexibility index (Phi) is 9.84. The molecule has 38 heavy (non-hydrogen) atoms. The third-order valence-corrected chi connectivity index (χ3v) is 8.69. The van der Waals surface area contributed by atoms with Crippen molar-refractivity contribution in [1.82, 2.24) is 5.09 Å². The molecule has 0 aliphatic carbocycles. The van der Waals surface area contributed by atoms with Crippen molar-refractivity contribution < 1.29 is 37.3 Å². The summed E-state index contributed by atoms with van der Waals surface area (Å²) < 4.78 is 52.0. The fraction of sp³-hybridized carbons (Fsp3) is 0.333. The molecule has 0 amide bonds. The van der Waals surface area contributed by atoms with Crippen molar-refractivity contribution in [2.75, 3.05) is 20.3 Å². The number of rotatable bonds is 13. The Hall–Kier alpha value is -3.04. The number of ether oxygens (including phenoxy) is 3. The van der Waals surface area contributed by atoms with E-state index in [2.05, 4.69) is 11.7 Å². The van der Waals surface area contributed by atoms with E-state index < -0.39 is 37.0 Å². The van der Waals surface area contributed by atoms with Crippen LogP contribution >= 0.6 is 18.9 Å². The van der Waals surface area contributed by atoms with E-state index in [-0.39, 0.29) is 24.5 Å². The van der Waals surface area contributed by atoms with Crippen LogP contribution in [0.25, 0.3) is 10.1 Å². The van der Waals surface area contributed by atoms with Gasteiger partial charge in [0.05, 0.1) is 5.60 Å². The highest BCUT2D eigenvalue weighted by Gasteiger charge is 2.41. The van der Waals surface area contributed by atoms with Crippen molar-refractivity contribution in [3.8, 4) is 5.75 Å². The highest BCUT2D eigenvalue weighted by molar-refractivity contribution is 7.57. The fourth-order valence-electron chi connectivity index (χ4n) is 3.24. The summed E-state index contributed by atoms with van der Waals surface area (Å²) in [5.41, 5.74) is -0.677. The van der Waals surface area contributed by atoms with E-state index >= 15 is 4.39 Å². The molecule has 2 unspecified atom stereocenters. The molecule has 204 valence electrons. The Morgan fingerprint density at radius 3 is 2.53 bits per heavy atom. The minimum atomic E-state index is -4.39. The maximum Gasteiger partial charge on any atom is 0.355 e. The summed E-state index contributed by atoms with van der Waals surface area (Å²) >= 11 is 1.19. The lowest BCUT2D eigenvalue weighted by Crippen LogP contribution is -2.38. The minimum Gasteiger partial charge on any atom is -0.461 e. The van der Waals surface area contributed by atoms with Crippen molar-refractivity contribution in [2.24, 2.45) is 0 Å². The summed E-state index contributed by atoms with van der Waals surface area (Å²) in [7, 11) is -2.90. The molecule has 0 saturated carbocycles. The van der Waals surface area contributed by atoms with Crippen LogP contribution in [0.15, 0.2) is 67.3 Å². The number of benzene rings is 2. The van der Waals surface area contributed by atoms with E-state index in [4.69, 9.17) is 18.7 Å². The number of halogens is 1. The standard InChI is InChI=1S/C27H31FNO7PS/c1-6-14-34-26(31)23-16-20-15-19(12-13-22(20)38-23)24(28)37(32,36-21-10-8-7-9-11-21)29-18(2)25(30)35-17-27(3,4)33-5/h6-13,15-16,18,24H,1,14,17H2,2-5H3,(H,29,32)/t18-,24?,37?/m0/s1. The van der Waals surface area contributed by atoms with Gasteiger partial charge in [0.2, 0.25) is 5.91 Å². The molecule has 0 radical (unpaired) electrons. The second kappa shape index (κ2) is 12.7. The third-order valence-electron chi connectivity index (χ3n) is 5.47. The number of thiophene rings is 1. The molecule has 2 aromatic carbocycles. The van der Waals surface area contributed by atoms with Gasteiger partial charge in [0, 0.05) is 11.8 Å². The molecule has 3 atom stereocenters. The molecule has 11 heteroatoms. The van der Waals surface area contributed by atoms with Crippen LogP contribution in [0, 0.1) is 0 Å². The van der Waals surface area contributed by atoms with Gasteiger partial charge in [0.25, 0.3) is 0 Å². The van der Waals surface area contributed by atoms with Crippen molar-refractivity contribution >= 4 is 40.9 Å². The molecule has 0 spiro atoms. The van der Waals surface area contributed by atoms with E-state index in [1.807, 2.05) is 0 Å². The maximum atomic E-state index is 16.1. The Bertz CT molecular complexity index is 1330. The van der Waals surface area contributed by atoms with Crippen LogP contribution in [0.3, 0.4) is 0 Å². The maximum absolute atomic E-state index is 16.1. The zero-order valence-corrected chi connectivity index (χ0v) is 23.4. The molecule has 0 aliphatic heterocycles. The Morgan fingerprint density at radius 2 is 1.87 bits per heavy atom. The molecule has 0 saturated heterocycles. The van der Waals surface area contributed by atoms with E-state index in [1.54, 1.807) is 44.2 Å². The number of carbonyl (C=O) groups excluding carboxylic acids is 2. The first-order valence-electron chi connectivity index (χ1n) is 11.8. The van der Waals surface area contributed by atoms with Gasteiger partial charge >= 0.3 is 19.5 Å². The topological polar surface area (TPSA) is 100 Å². The number of nitrogens with one attached hydrogen (secondary N) is 1. The first-order chi connectivity index (χ1) is 18.0. The second-order valence-corrected chi connectivity index (χ2v) is 12.2. The van der Waals surface area contributed by atoms with Gasteiger partial charge in [-0.15, -0.1) is 11.3 Å². The van der Waals surface area contributed by atoms with Crippen LogP contribution < -0.4 is 9.61 Å². The van der Waals surface area contributed by atoms with Crippen LogP contribution in [0.4, 0.5) is 4.39 Å². The van der Waals surface area contributed by atoms with E-state index in [9.17, 15) is 14.2 Å². The average Bonchev–Trinajstić information content (AvgIpc) is 3.34. The van der Waals surface area contributed by atoms with Gasteiger partial charge in [-0.25, -0.2) is 14.3 Å². The molecule has 8 nitrogen and oxygen atoms in total. The summed E-state index contributed by atoms with van der Waals surface area (Å²) in [5, 5.41) is 3.12. The van der Waals surface area contributed by atoms with Gasteiger partial charge in [-0.2, -0.15) is 0 Å². The summed E-state index contributed by atoms with van der Waals surface area (Å²) in [6.45, 7) is 8.43. The van der Waals surface area contributed by atoms with Gasteiger partial charge in [0.15, 0.2) is 0 Å². The number of fused-ring (bicyclic) bond motifs is 1. The van der Waals surface area contributed by atoms with Gasteiger partial charge in [0.1, 0.15) is 29.9 Å².